The van der Waals surface area contributed by atoms with E-state index in [4.69, 9.17) is 13.9 Å². The molecule has 0 spiro atoms. The van der Waals surface area contributed by atoms with Crippen molar-refractivity contribution in [2.45, 2.75) is 13.8 Å². The van der Waals surface area contributed by atoms with E-state index < -0.39 is 0 Å². The van der Waals surface area contributed by atoms with Crippen LogP contribution in [0.5, 0.6) is 5.75 Å². The SMILES string of the molecule is CCOC(=O)c1ccc(-c2ccc(OC)cc2)[o+]c1C. The van der Waals surface area contributed by atoms with Gasteiger partial charge in [-0.1, -0.05) is 0 Å². The zero-order valence-corrected chi connectivity index (χ0v) is 11.8. The summed E-state index contributed by atoms with van der Waals surface area (Å²) in [4.78, 5) is 11.7. The highest BCUT2D eigenvalue weighted by Gasteiger charge is 2.22. The molecule has 4 heteroatoms. The first-order chi connectivity index (χ1) is 9.65. The van der Waals surface area contributed by atoms with Gasteiger partial charge in [0.2, 0.25) is 0 Å². The predicted molar refractivity (Wildman–Crippen MR) is 75.8 cm³/mol. The van der Waals surface area contributed by atoms with Crippen LogP contribution in [-0.2, 0) is 4.74 Å². The van der Waals surface area contributed by atoms with E-state index in [1.54, 1.807) is 33.1 Å². The maximum atomic E-state index is 11.7. The van der Waals surface area contributed by atoms with Gasteiger partial charge in [0.25, 0.3) is 0 Å². The van der Waals surface area contributed by atoms with Gasteiger partial charge in [0.05, 0.1) is 26.2 Å². The molecular weight excluding hydrogens is 256 g/mol. The fourth-order valence-corrected chi connectivity index (χ4v) is 1.86. The lowest BCUT2D eigenvalue weighted by molar-refractivity contribution is 0.0522. The minimum atomic E-state index is -0.366. The molecule has 0 saturated carbocycles. The number of benzene rings is 1. The van der Waals surface area contributed by atoms with Gasteiger partial charge in [-0.25, -0.2) is 9.21 Å². The van der Waals surface area contributed by atoms with E-state index in [2.05, 4.69) is 0 Å². The van der Waals surface area contributed by atoms with Crippen molar-refractivity contribution in [2.75, 3.05) is 13.7 Å². The van der Waals surface area contributed by atoms with Crippen molar-refractivity contribution in [1.82, 2.24) is 0 Å². The zero-order chi connectivity index (χ0) is 14.5. The number of methoxy groups -OCH3 is 1. The van der Waals surface area contributed by atoms with Gasteiger partial charge in [-0.2, -0.15) is 0 Å². The summed E-state index contributed by atoms with van der Waals surface area (Å²) in [6, 6.07) is 11.0. The van der Waals surface area contributed by atoms with Crippen molar-refractivity contribution >= 4 is 5.97 Å². The smallest absolute Gasteiger partial charge is 0.360 e. The fraction of sp³-hybridized carbons (Fsp3) is 0.250. The van der Waals surface area contributed by atoms with Crippen LogP contribution in [0.2, 0.25) is 0 Å². The summed E-state index contributed by atoms with van der Waals surface area (Å²) in [5.41, 5.74) is 1.37. The second-order valence-electron chi connectivity index (χ2n) is 4.22. The Hall–Kier alpha value is -2.36. The summed E-state index contributed by atoms with van der Waals surface area (Å²) >= 11 is 0. The number of carbonyl (C=O) groups excluding carboxylic acids is 1. The molecular formula is C16H17O4+. The molecule has 0 aliphatic rings. The lowest BCUT2D eigenvalue weighted by Crippen LogP contribution is -2.06. The molecule has 0 radical (unpaired) electrons. The van der Waals surface area contributed by atoms with Gasteiger partial charge < -0.3 is 9.47 Å². The standard InChI is InChI=1S/C16H17O4/c1-4-19-16(17)14-9-10-15(20-11(14)2)12-5-7-13(18-3)8-6-12/h5-10H,4H2,1-3H3/q+1. The highest BCUT2D eigenvalue weighted by atomic mass is 16.5. The topological polar surface area (TPSA) is 46.8 Å². The van der Waals surface area contributed by atoms with Crippen molar-refractivity contribution in [3.8, 4) is 17.1 Å². The molecule has 1 heterocycles. The van der Waals surface area contributed by atoms with Crippen molar-refractivity contribution in [3.63, 3.8) is 0 Å². The Balaban J connectivity index is 2.30. The van der Waals surface area contributed by atoms with Crippen molar-refractivity contribution in [1.29, 1.82) is 0 Å². The largest absolute Gasteiger partial charge is 0.497 e. The molecule has 0 fully saturated rings. The summed E-state index contributed by atoms with van der Waals surface area (Å²) in [5.74, 6) is 1.65. The normalized spacial score (nSPS) is 10.2. The monoisotopic (exact) mass is 273 g/mol. The number of rotatable bonds is 4. The van der Waals surface area contributed by atoms with Crippen LogP contribution in [0.4, 0.5) is 0 Å². The number of carbonyl (C=O) groups is 1. The van der Waals surface area contributed by atoms with Crippen LogP contribution in [0.25, 0.3) is 11.3 Å². The van der Waals surface area contributed by atoms with E-state index in [1.165, 1.54) is 0 Å². The summed E-state index contributed by atoms with van der Waals surface area (Å²) < 4.78 is 15.8. The van der Waals surface area contributed by atoms with E-state index in [-0.39, 0.29) is 5.97 Å². The molecule has 0 aliphatic carbocycles. The van der Waals surface area contributed by atoms with Crippen molar-refractivity contribution in [2.24, 2.45) is 0 Å². The van der Waals surface area contributed by atoms with Crippen LogP contribution < -0.4 is 4.74 Å². The van der Waals surface area contributed by atoms with Gasteiger partial charge in [0, 0.05) is 6.07 Å². The third kappa shape index (κ3) is 2.96. The number of ether oxygens (including phenoxy) is 2. The second kappa shape index (κ2) is 6.19. The first kappa shape index (κ1) is 14.1. The van der Waals surface area contributed by atoms with Gasteiger partial charge in [0.1, 0.15) is 5.75 Å². The fourth-order valence-electron chi connectivity index (χ4n) is 1.86. The minimum absolute atomic E-state index is 0.346. The number of hydrogen-bond donors (Lipinski definition) is 0. The minimum Gasteiger partial charge on any atom is -0.497 e. The van der Waals surface area contributed by atoms with Crippen LogP contribution in [0.15, 0.2) is 40.8 Å². The summed E-state index contributed by atoms with van der Waals surface area (Å²) in [6.45, 7) is 3.87. The van der Waals surface area contributed by atoms with Gasteiger partial charge in [-0.3, -0.25) is 0 Å². The van der Waals surface area contributed by atoms with E-state index >= 15 is 0 Å². The van der Waals surface area contributed by atoms with E-state index in [0.717, 1.165) is 11.3 Å². The molecule has 2 rings (SSSR count). The van der Waals surface area contributed by atoms with Gasteiger partial charge in [-0.05, 0) is 37.3 Å². The van der Waals surface area contributed by atoms with E-state index in [9.17, 15) is 4.79 Å². The molecule has 0 amide bonds. The molecule has 0 atom stereocenters. The van der Waals surface area contributed by atoms with Crippen LogP contribution in [-0.4, -0.2) is 19.7 Å². The highest BCUT2D eigenvalue weighted by Crippen LogP contribution is 2.24. The average Bonchev–Trinajstić information content (AvgIpc) is 2.47. The molecule has 0 bridgehead atoms. The maximum Gasteiger partial charge on any atom is 0.360 e. The molecule has 2 aromatic rings. The molecule has 20 heavy (non-hydrogen) atoms. The molecule has 4 nitrogen and oxygen atoms in total. The summed E-state index contributed by atoms with van der Waals surface area (Å²) in [5, 5.41) is 0. The molecule has 1 aromatic heterocycles. The summed E-state index contributed by atoms with van der Waals surface area (Å²) in [7, 11) is 1.62. The van der Waals surface area contributed by atoms with Crippen LogP contribution in [0, 0.1) is 6.92 Å². The van der Waals surface area contributed by atoms with Crippen molar-refractivity contribution in [3.05, 3.63) is 47.7 Å². The third-order valence-electron chi connectivity index (χ3n) is 2.91. The van der Waals surface area contributed by atoms with Gasteiger partial charge >= 0.3 is 17.5 Å². The maximum absolute atomic E-state index is 11.7. The first-order valence-electron chi connectivity index (χ1n) is 6.41. The highest BCUT2D eigenvalue weighted by molar-refractivity contribution is 5.90. The zero-order valence-electron chi connectivity index (χ0n) is 11.8. The second-order valence-corrected chi connectivity index (χ2v) is 4.22. The Bertz CT molecular complexity index is 602. The summed E-state index contributed by atoms with van der Waals surface area (Å²) in [6.07, 6.45) is 0. The molecule has 0 unspecified atom stereocenters. The van der Waals surface area contributed by atoms with Gasteiger partial charge in [0.15, 0.2) is 5.56 Å². The molecule has 0 saturated heterocycles. The third-order valence-corrected chi connectivity index (χ3v) is 2.91. The molecule has 104 valence electrons. The number of esters is 1. The Morgan fingerprint density at radius 3 is 2.40 bits per heavy atom. The number of aryl methyl sites for hydroxylation is 1. The quantitative estimate of drug-likeness (QED) is 0.629. The first-order valence-corrected chi connectivity index (χ1v) is 6.41. The molecule has 1 aromatic carbocycles. The van der Waals surface area contributed by atoms with Crippen LogP contribution in [0.1, 0.15) is 23.0 Å². The van der Waals surface area contributed by atoms with Crippen molar-refractivity contribution < 1.29 is 18.7 Å². The number of hydrogen-bond acceptors (Lipinski definition) is 3. The Morgan fingerprint density at radius 2 is 1.85 bits per heavy atom. The lowest BCUT2D eigenvalue weighted by atomic mass is 10.1. The molecule has 0 N–H and O–H groups in total. The van der Waals surface area contributed by atoms with Crippen LogP contribution >= 0.6 is 0 Å². The van der Waals surface area contributed by atoms with E-state index in [0.29, 0.717) is 23.7 Å². The lowest BCUT2D eigenvalue weighted by Gasteiger charge is -2.01. The van der Waals surface area contributed by atoms with Gasteiger partial charge in [-0.15, -0.1) is 0 Å². The molecule has 0 aliphatic heterocycles. The Labute approximate surface area is 118 Å². The van der Waals surface area contributed by atoms with E-state index in [1.807, 2.05) is 24.3 Å². The predicted octanol–water partition coefficient (Wildman–Crippen LogP) is 3.72. The Kier molecular flexibility index (Phi) is 4.35. The Morgan fingerprint density at radius 1 is 1.15 bits per heavy atom. The van der Waals surface area contributed by atoms with Crippen LogP contribution in [0.3, 0.4) is 0 Å². The average molecular weight is 273 g/mol.